The summed E-state index contributed by atoms with van der Waals surface area (Å²) in [6.45, 7) is 3.90. The van der Waals surface area contributed by atoms with Crippen LogP contribution in [0, 0.1) is 11.7 Å². The maximum atomic E-state index is 12.9. The summed E-state index contributed by atoms with van der Waals surface area (Å²) < 4.78 is 12.9. The van der Waals surface area contributed by atoms with Crippen molar-refractivity contribution >= 4 is 17.4 Å². The van der Waals surface area contributed by atoms with E-state index in [0.29, 0.717) is 11.5 Å². The Balaban J connectivity index is 2.09. The summed E-state index contributed by atoms with van der Waals surface area (Å²) in [6.07, 6.45) is 1.27. The SMILES string of the molecule is CC(C)[C@H](CO)Nc1cc(C(=O)Nc2ccc(F)cc2)ncn1. The first kappa shape index (κ1) is 16.8. The van der Waals surface area contributed by atoms with Crippen LogP contribution in [-0.2, 0) is 0 Å². The van der Waals surface area contributed by atoms with Gasteiger partial charge in [0.2, 0.25) is 0 Å². The van der Waals surface area contributed by atoms with Crippen molar-refractivity contribution in [2.24, 2.45) is 5.92 Å². The van der Waals surface area contributed by atoms with Crippen LogP contribution in [0.2, 0.25) is 0 Å². The minimum Gasteiger partial charge on any atom is -0.394 e. The first-order valence-electron chi connectivity index (χ1n) is 7.26. The lowest BCUT2D eigenvalue weighted by molar-refractivity contribution is 0.102. The Hall–Kier alpha value is -2.54. The molecule has 1 aromatic heterocycles. The fourth-order valence-electron chi connectivity index (χ4n) is 1.90. The first-order chi connectivity index (χ1) is 11.0. The molecule has 7 heteroatoms. The Morgan fingerprint density at radius 3 is 2.57 bits per heavy atom. The fraction of sp³-hybridized carbons (Fsp3) is 0.312. The molecular formula is C16H19FN4O2. The number of hydrogen-bond acceptors (Lipinski definition) is 5. The molecule has 1 amide bonds. The minimum absolute atomic E-state index is 0.0429. The van der Waals surface area contributed by atoms with Gasteiger partial charge in [0.15, 0.2) is 0 Å². The Bertz CT molecular complexity index is 661. The highest BCUT2D eigenvalue weighted by Gasteiger charge is 2.14. The molecule has 23 heavy (non-hydrogen) atoms. The highest BCUT2D eigenvalue weighted by Crippen LogP contribution is 2.13. The molecule has 0 fully saturated rings. The van der Waals surface area contributed by atoms with Crippen molar-refractivity contribution in [3.8, 4) is 0 Å². The van der Waals surface area contributed by atoms with Gasteiger partial charge in [0.05, 0.1) is 12.6 Å². The molecule has 1 aromatic carbocycles. The van der Waals surface area contributed by atoms with Crippen LogP contribution >= 0.6 is 0 Å². The van der Waals surface area contributed by atoms with Crippen LogP contribution < -0.4 is 10.6 Å². The molecule has 1 atom stereocenters. The molecule has 0 aliphatic rings. The number of anilines is 2. The van der Waals surface area contributed by atoms with Crippen LogP contribution in [0.15, 0.2) is 36.7 Å². The fourth-order valence-corrected chi connectivity index (χ4v) is 1.90. The van der Waals surface area contributed by atoms with Gasteiger partial charge in [-0.1, -0.05) is 13.8 Å². The smallest absolute Gasteiger partial charge is 0.274 e. The van der Waals surface area contributed by atoms with Gasteiger partial charge in [0.1, 0.15) is 23.7 Å². The molecule has 2 rings (SSSR count). The lowest BCUT2D eigenvalue weighted by Crippen LogP contribution is -2.30. The number of benzene rings is 1. The minimum atomic E-state index is -0.424. The average molecular weight is 318 g/mol. The second kappa shape index (κ2) is 7.64. The third kappa shape index (κ3) is 4.72. The monoisotopic (exact) mass is 318 g/mol. The number of aliphatic hydroxyl groups excluding tert-OH is 1. The summed E-state index contributed by atoms with van der Waals surface area (Å²) >= 11 is 0. The Morgan fingerprint density at radius 1 is 1.26 bits per heavy atom. The van der Waals surface area contributed by atoms with E-state index in [1.165, 1.54) is 36.7 Å². The number of amides is 1. The van der Waals surface area contributed by atoms with Gasteiger partial charge in [0, 0.05) is 11.8 Å². The van der Waals surface area contributed by atoms with Gasteiger partial charge in [0.25, 0.3) is 5.91 Å². The van der Waals surface area contributed by atoms with Crippen molar-refractivity contribution in [1.29, 1.82) is 0 Å². The van der Waals surface area contributed by atoms with E-state index < -0.39 is 5.91 Å². The van der Waals surface area contributed by atoms with E-state index in [1.807, 2.05) is 13.8 Å². The lowest BCUT2D eigenvalue weighted by atomic mass is 10.1. The Labute approximate surface area is 133 Å². The molecule has 0 spiro atoms. The number of aliphatic hydroxyl groups is 1. The number of carbonyl (C=O) groups is 1. The van der Waals surface area contributed by atoms with Crippen LogP contribution in [0.25, 0.3) is 0 Å². The van der Waals surface area contributed by atoms with Crippen LogP contribution in [0.1, 0.15) is 24.3 Å². The molecule has 2 aromatic rings. The van der Waals surface area contributed by atoms with Gasteiger partial charge in [-0.15, -0.1) is 0 Å². The van der Waals surface area contributed by atoms with E-state index in [-0.39, 0.29) is 30.1 Å². The summed E-state index contributed by atoms with van der Waals surface area (Å²) in [5.41, 5.74) is 0.646. The molecule has 0 aliphatic heterocycles. The summed E-state index contributed by atoms with van der Waals surface area (Å²) in [5, 5.41) is 15.0. The third-order valence-electron chi connectivity index (χ3n) is 3.34. The maximum absolute atomic E-state index is 12.9. The zero-order chi connectivity index (χ0) is 16.8. The molecule has 0 unspecified atom stereocenters. The molecule has 0 saturated carbocycles. The number of rotatable bonds is 6. The van der Waals surface area contributed by atoms with Gasteiger partial charge in [-0.05, 0) is 30.2 Å². The Morgan fingerprint density at radius 2 is 1.96 bits per heavy atom. The van der Waals surface area contributed by atoms with Gasteiger partial charge >= 0.3 is 0 Å². The summed E-state index contributed by atoms with van der Waals surface area (Å²) in [4.78, 5) is 20.1. The predicted molar refractivity (Wildman–Crippen MR) is 85.7 cm³/mol. The second-order valence-corrected chi connectivity index (χ2v) is 5.43. The van der Waals surface area contributed by atoms with Gasteiger partial charge in [-0.25, -0.2) is 14.4 Å². The number of carbonyl (C=O) groups excluding carboxylic acids is 1. The van der Waals surface area contributed by atoms with Crippen molar-refractivity contribution in [2.75, 3.05) is 17.2 Å². The molecule has 0 bridgehead atoms. The van der Waals surface area contributed by atoms with E-state index in [0.717, 1.165) is 0 Å². The standard InChI is InChI=1S/C16H19FN4O2/c1-10(2)14(8-22)21-15-7-13(18-9-19-15)16(23)20-12-5-3-11(17)4-6-12/h3-7,9-10,14,22H,8H2,1-2H3,(H,20,23)(H,18,19,21)/t14-/m0/s1. The molecule has 3 N–H and O–H groups in total. The van der Waals surface area contributed by atoms with Crippen molar-refractivity contribution in [1.82, 2.24) is 9.97 Å². The van der Waals surface area contributed by atoms with E-state index >= 15 is 0 Å². The highest BCUT2D eigenvalue weighted by molar-refractivity contribution is 6.03. The quantitative estimate of drug-likeness (QED) is 0.761. The van der Waals surface area contributed by atoms with Crippen molar-refractivity contribution in [3.05, 3.63) is 48.2 Å². The predicted octanol–water partition coefficient (Wildman–Crippen LogP) is 2.30. The van der Waals surface area contributed by atoms with Crippen molar-refractivity contribution < 1.29 is 14.3 Å². The van der Waals surface area contributed by atoms with Gasteiger partial charge in [-0.3, -0.25) is 4.79 Å². The van der Waals surface area contributed by atoms with Crippen LogP contribution in [-0.4, -0.2) is 33.6 Å². The highest BCUT2D eigenvalue weighted by atomic mass is 19.1. The van der Waals surface area contributed by atoms with E-state index in [2.05, 4.69) is 20.6 Å². The summed E-state index contributed by atoms with van der Waals surface area (Å²) in [6, 6.07) is 6.79. The molecule has 122 valence electrons. The Kier molecular flexibility index (Phi) is 5.59. The molecule has 1 heterocycles. The molecule has 0 radical (unpaired) electrons. The molecular weight excluding hydrogens is 299 g/mol. The van der Waals surface area contributed by atoms with Crippen LogP contribution in [0.5, 0.6) is 0 Å². The number of aromatic nitrogens is 2. The number of halogens is 1. The topological polar surface area (TPSA) is 87.1 Å². The van der Waals surface area contributed by atoms with Crippen molar-refractivity contribution in [2.45, 2.75) is 19.9 Å². The average Bonchev–Trinajstić information content (AvgIpc) is 2.54. The summed E-state index contributed by atoms with van der Waals surface area (Å²) in [5.74, 6) is -0.143. The molecule has 0 aliphatic carbocycles. The van der Waals surface area contributed by atoms with E-state index in [4.69, 9.17) is 0 Å². The zero-order valence-corrected chi connectivity index (χ0v) is 13.0. The van der Waals surface area contributed by atoms with Crippen LogP contribution in [0.4, 0.5) is 15.9 Å². The number of nitrogens with zero attached hydrogens (tertiary/aromatic N) is 2. The molecule has 6 nitrogen and oxygen atoms in total. The normalized spacial score (nSPS) is 12.0. The lowest BCUT2D eigenvalue weighted by Gasteiger charge is -2.20. The van der Waals surface area contributed by atoms with Crippen molar-refractivity contribution in [3.63, 3.8) is 0 Å². The van der Waals surface area contributed by atoms with Gasteiger partial charge in [-0.2, -0.15) is 0 Å². The van der Waals surface area contributed by atoms with E-state index in [1.54, 1.807) is 0 Å². The largest absolute Gasteiger partial charge is 0.394 e. The second-order valence-electron chi connectivity index (χ2n) is 5.43. The van der Waals surface area contributed by atoms with E-state index in [9.17, 15) is 14.3 Å². The number of hydrogen-bond donors (Lipinski definition) is 3. The summed E-state index contributed by atoms with van der Waals surface area (Å²) in [7, 11) is 0. The van der Waals surface area contributed by atoms with Gasteiger partial charge < -0.3 is 15.7 Å². The number of nitrogens with one attached hydrogen (secondary N) is 2. The first-order valence-corrected chi connectivity index (χ1v) is 7.26. The zero-order valence-electron chi connectivity index (χ0n) is 13.0. The van der Waals surface area contributed by atoms with Crippen LogP contribution in [0.3, 0.4) is 0 Å². The maximum Gasteiger partial charge on any atom is 0.274 e. The third-order valence-corrected chi connectivity index (χ3v) is 3.34. The molecule has 0 saturated heterocycles.